The molecule has 0 saturated carbocycles. The fourth-order valence-corrected chi connectivity index (χ4v) is 1.17. The SMILES string of the molecule is O=C1COc2cc(O)cc(F)c21. The third-order valence-corrected chi connectivity index (χ3v) is 1.68. The van der Waals surface area contributed by atoms with E-state index in [1.165, 1.54) is 6.07 Å². The predicted octanol–water partition coefficient (Wildman–Crippen LogP) is 1.11. The molecule has 0 spiro atoms. The number of phenolic OH excluding ortho intramolecular Hbond substituents is 1. The van der Waals surface area contributed by atoms with Crippen LogP contribution in [0.2, 0.25) is 0 Å². The second-order valence-electron chi connectivity index (χ2n) is 2.51. The van der Waals surface area contributed by atoms with Gasteiger partial charge in [-0.25, -0.2) is 4.39 Å². The zero-order chi connectivity index (χ0) is 8.72. The zero-order valence-corrected chi connectivity index (χ0v) is 6.00. The molecule has 1 aromatic carbocycles. The van der Waals surface area contributed by atoms with Crippen molar-refractivity contribution in [3.8, 4) is 11.5 Å². The summed E-state index contributed by atoms with van der Waals surface area (Å²) in [5.41, 5.74) is -0.0622. The van der Waals surface area contributed by atoms with Crippen molar-refractivity contribution in [1.29, 1.82) is 0 Å². The molecule has 0 aliphatic carbocycles. The molecule has 0 radical (unpaired) electrons. The summed E-state index contributed by atoms with van der Waals surface area (Å²) in [7, 11) is 0. The van der Waals surface area contributed by atoms with E-state index in [0.717, 1.165) is 6.07 Å². The summed E-state index contributed by atoms with van der Waals surface area (Å²) < 4.78 is 17.8. The number of phenols is 1. The molecule has 0 atom stereocenters. The molecule has 2 rings (SSSR count). The summed E-state index contributed by atoms with van der Waals surface area (Å²) in [6, 6.07) is 2.12. The lowest BCUT2D eigenvalue weighted by Gasteiger charge is -1.98. The van der Waals surface area contributed by atoms with Gasteiger partial charge < -0.3 is 9.84 Å². The van der Waals surface area contributed by atoms with Crippen molar-refractivity contribution in [3.63, 3.8) is 0 Å². The van der Waals surface area contributed by atoms with E-state index in [2.05, 4.69) is 0 Å². The first-order valence-corrected chi connectivity index (χ1v) is 3.37. The van der Waals surface area contributed by atoms with Gasteiger partial charge in [0.25, 0.3) is 0 Å². The Morgan fingerprint density at radius 2 is 2.25 bits per heavy atom. The van der Waals surface area contributed by atoms with E-state index in [9.17, 15) is 9.18 Å². The molecule has 0 aromatic heterocycles. The Balaban J connectivity index is 2.68. The number of Topliss-reactive ketones (excluding diaryl/α,β-unsaturated/α-hetero) is 1. The molecule has 0 amide bonds. The summed E-state index contributed by atoms with van der Waals surface area (Å²) in [6.45, 7) is -0.143. The third-order valence-electron chi connectivity index (χ3n) is 1.68. The number of carbonyl (C=O) groups is 1. The van der Waals surface area contributed by atoms with E-state index in [0.29, 0.717) is 0 Å². The van der Waals surface area contributed by atoms with E-state index in [4.69, 9.17) is 9.84 Å². The maximum absolute atomic E-state index is 12.9. The quantitative estimate of drug-likeness (QED) is 0.631. The van der Waals surface area contributed by atoms with E-state index in [1.807, 2.05) is 0 Å². The highest BCUT2D eigenvalue weighted by molar-refractivity contribution is 6.02. The Hall–Kier alpha value is -1.58. The number of ether oxygens (including phenoxy) is 1. The number of rotatable bonds is 0. The van der Waals surface area contributed by atoms with Gasteiger partial charge in [-0.15, -0.1) is 0 Å². The molecule has 1 aromatic rings. The lowest BCUT2D eigenvalue weighted by Crippen LogP contribution is -2.00. The molecule has 1 heterocycles. The second-order valence-corrected chi connectivity index (χ2v) is 2.51. The maximum Gasteiger partial charge on any atom is 0.206 e. The number of benzene rings is 1. The second kappa shape index (κ2) is 2.20. The van der Waals surface area contributed by atoms with Gasteiger partial charge in [-0.2, -0.15) is 0 Å². The van der Waals surface area contributed by atoms with Gasteiger partial charge in [0, 0.05) is 12.1 Å². The number of fused-ring (bicyclic) bond motifs is 1. The Labute approximate surface area is 67.4 Å². The van der Waals surface area contributed by atoms with Crippen LogP contribution in [0.3, 0.4) is 0 Å². The molecule has 62 valence electrons. The van der Waals surface area contributed by atoms with Crippen LogP contribution in [0.4, 0.5) is 4.39 Å². The number of ketones is 1. The average Bonchev–Trinajstić information content (AvgIpc) is 2.31. The van der Waals surface area contributed by atoms with Crippen LogP contribution in [-0.4, -0.2) is 17.5 Å². The van der Waals surface area contributed by atoms with Crippen LogP contribution in [0.25, 0.3) is 0 Å². The largest absolute Gasteiger partial charge is 0.508 e. The molecule has 0 bridgehead atoms. The van der Waals surface area contributed by atoms with Crippen LogP contribution in [0.15, 0.2) is 12.1 Å². The van der Waals surface area contributed by atoms with Gasteiger partial charge in [0.1, 0.15) is 17.3 Å². The van der Waals surface area contributed by atoms with Gasteiger partial charge in [0.05, 0.1) is 5.56 Å². The summed E-state index contributed by atoms with van der Waals surface area (Å²) in [6.07, 6.45) is 0. The van der Waals surface area contributed by atoms with Gasteiger partial charge in [-0.05, 0) is 0 Å². The zero-order valence-electron chi connectivity index (χ0n) is 6.00. The molecule has 12 heavy (non-hydrogen) atoms. The Bertz CT molecular complexity index is 360. The average molecular weight is 168 g/mol. The molecule has 1 aliphatic rings. The lowest BCUT2D eigenvalue weighted by atomic mass is 10.1. The van der Waals surface area contributed by atoms with Gasteiger partial charge >= 0.3 is 0 Å². The molecule has 1 aliphatic heterocycles. The standard InChI is InChI=1S/C8H5FO3/c9-5-1-4(10)2-7-8(5)6(11)3-12-7/h1-2,10H,3H2. The van der Waals surface area contributed by atoms with Crippen LogP contribution in [0.5, 0.6) is 11.5 Å². The topological polar surface area (TPSA) is 46.5 Å². The smallest absolute Gasteiger partial charge is 0.206 e. The fraction of sp³-hybridized carbons (Fsp3) is 0.125. The highest BCUT2D eigenvalue weighted by atomic mass is 19.1. The molecule has 4 heteroatoms. The first-order valence-electron chi connectivity index (χ1n) is 3.37. The van der Waals surface area contributed by atoms with E-state index < -0.39 is 5.82 Å². The molecular weight excluding hydrogens is 163 g/mol. The minimum atomic E-state index is -0.729. The van der Waals surface area contributed by atoms with Crippen LogP contribution >= 0.6 is 0 Å². The predicted molar refractivity (Wildman–Crippen MR) is 37.9 cm³/mol. The molecule has 0 saturated heterocycles. The minimum absolute atomic E-state index is 0.0622. The minimum Gasteiger partial charge on any atom is -0.508 e. The number of hydrogen-bond donors (Lipinski definition) is 1. The van der Waals surface area contributed by atoms with Crippen LogP contribution in [0, 0.1) is 5.82 Å². The van der Waals surface area contributed by atoms with Crippen molar-refractivity contribution >= 4 is 5.78 Å². The summed E-state index contributed by atoms with van der Waals surface area (Å²) in [5.74, 6) is -1.23. The summed E-state index contributed by atoms with van der Waals surface area (Å²) in [5, 5.41) is 8.93. The first kappa shape index (κ1) is 7.09. The lowest BCUT2D eigenvalue weighted by molar-refractivity contribution is 0.0958. The number of aromatic hydroxyl groups is 1. The van der Waals surface area contributed by atoms with Gasteiger partial charge in [-0.3, -0.25) is 4.79 Å². The van der Waals surface area contributed by atoms with Crippen molar-refractivity contribution in [1.82, 2.24) is 0 Å². The molecule has 1 N–H and O–H groups in total. The molecule has 0 fully saturated rings. The van der Waals surface area contributed by atoms with Crippen molar-refractivity contribution in [2.45, 2.75) is 0 Å². The monoisotopic (exact) mass is 168 g/mol. The molecular formula is C8H5FO3. The van der Waals surface area contributed by atoms with Crippen molar-refractivity contribution in [2.24, 2.45) is 0 Å². The molecule has 3 nitrogen and oxygen atoms in total. The number of carbonyl (C=O) groups excluding carboxylic acids is 1. The fourth-order valence-electron chi connectivity index (χ4n) is 1.17. The van der Waals surface area contributed by atoms with Crippen molar-refractivity contribution in [3.05, 3.63) is 23.5 Å². The highest BCUT2D eigenvalue weighted by Crippen LogP contribution is 2.31. The number of halogens is 1. The van der Waals surface area contributed by atoms with E-state index in [-0.39, 0.29) is 29.5 Å². The summed E-state index contributed by atoms with van der Waals surface area (Å²) >= 11 is 0. The van der Waals surface area contributed by atoms with Gasteiger partial charge in [-0.1, -0.05) is 0 Å². The van der Waals surface area contributed by atoms with Crippen molar-refractivity contribution in [2.75, 3.05) is 6.61 Å². The van der Waals surface area contributed by atoms with Crippen LogP contribution in [0.1, 0.15) is 10.4 Å². The maximum atomic E-state index is 12.9. The normalized spacial score (nSPS) is 14.2. The van der Waals surface area contributed by atoms with Gasteiger partial charge in [0.15, 0.2) is 6.61 Å². The Morgan fingerprint density at radius 1 is 1.50 bits per heavy atom. The Kier molecular flexibility index (Phi) is 1.30. The molecule has 0 unspecified atom stereocenters. The van der Waals surface area contributed by atoms with Gasteiger partial charge in [0.2, 0.25) is 5.78 Å². The van der Waals surface area contributed by atoms with Crippen LogP contribution < -0.4 is 4.74 Å². The number of hydrogen-bond acceptors (Lipinski definition) is 3. The van der Waals surface area contributed by atoms with E-state index in [1.54, 1.807) is 0 Å². The first-order chi connectivity index (χ1) is 5.68. The third kappa shape index (κ3) is 0.845. The highest BCUT2D eigenvalue weighted by Gasteiger charge is 2.25. The Morgan fingerprint density at radius 3 is 3.00 bits per heavy atom. The van der Waals surface area contributed by atoms with E-state index >= 15 is 0 Å². The van der Waals surface area contributed by atoms with Crippen LogP contribution in [-0.2, 0) is 0 Å². The van der Waals surface area contributed by atoms with Crippen molar-refractivity contribution < 1.29 is 19.0 Å². The summed E-state index contributed by atoms with van der Waals surface area (Å²) in [4.78, 5) is 11.0.